The highest BCUT2D eigenvalue weighted by atomic mass is 16.5. The van der Waals surface area contributed by atoms with E-state index in [9.17, 15) is 4.79 Å². The van der Waals surface area contributed by atoms with E-state index in [0.29, 0.717) is 11.3 Å². The smallest absolute Gasteiger partial charge is 0.200 e. The van der Waals surface area contributed by atoms with Gasteiger partial charge in [-0.1, -0.05) is 18.2 Å². The molecule has 3 rings (SSSR count). The van der Waals surface area contributed by atoms with Crippen molar-refractivity contribution < 1.29 is 14.3 Å². The molecule has 0 atom stereocenters. The Morgan fingerprint density at radius 3 is 2.57 bits per heavy atom. The maximum Gasteiger partial charge on any atom is 0.200 e. The van der Waals surface area contributed by atoms with Gasteiger partial charge in [0.25, 0.3) is 0 Å². The van der Waals surface area contributed by atoms with Crippen LogP contribution in [0.4, 0.5) is 0 Å². The minimum Gasteiger partial charge on any atom is -0.497 e. The van der Waals surface area contributed by atoms with Crippen LogP contribution in [0.2, 0.25) is 0 Å². The Hall–Kier alpha value is -2.88. The molecular formula is C19H17NO3. The van der Waals surface area contributed by atoms with E-state index in [1.165, 1.54) is 0 Å². The molecule has 0 spiro atoms. The SMILES string of the molecule is COc1ccc(C(=O)COc2cccc3ccc(C)nc23)cc1. The molecule has 0 saturated heterocycles. The lowest BCUT2D eigenvalue weighted by Crippen LogP contribution is -2.11. The summed E-state index contributed by atoms with van der Waals surface area (Å²) in [6, 6.07) is 16.6. The molecule has 0 unspecified atom stereocenters. The van der Waals surface area contributed by atoms with Gasteiger partial charge < -0.3 is 9.47 Å². The number of rotatable bonds is 5. The highest BCUT2D eigenvalue weighted by Gasteiger charge is 2.09. The summed E-state index contributed by atoms with van der Waals surface area (Å²) in [5.74, 6) is 1.25. The fraction of sp³-hybridized carbons (Fsp3) is 0.158. The molecule has 0 N–H and O–H groups in total. The van der Waals surface area contributed by atoms with Crippen LogP contribution in [0.5, 0.6) is 11.5 Å². The third-order valence-electron chi connectivity index (χ3n) is 3.59. The molecule has 0 aliphatic carbocycles. The normalized spacial score (nSPS) is 10.5. The molecule has 0 amide bonds. The summed E-state index contributed by atoms with van der Waals surface area (Å²) >= 11 is 0. The van der Waals surface area contributed by atoms with Gasteiger partial charge in [0.15, 0.2) is 12.4 Å². The number of fused-ring (bicyclic) bond motifs is 1. The largest absolute Gasteiger partial charge is 0.497 e. The second-order valence-electron chi connectivity index (χ2n) is 5.22. The second-order valence-corrected chi connectivity index (χ2v) is 5.22. The zero-order valence-electron chi connectivity index (χ0n) is 13.1. The lowest BCUT2D eigenvalue weighted by molar-refractivity contribution is 0.0922. The first kappa shape index (κ1) is 15.0. The summed E-state index contributed by atoms with van der Waals surface area (Å²) in [6.07, 6.45) is 0. The van der Waals surface area contributed by atoms with E-state index in [1.807, 2.05) is 37.3 Å². The van der Waals surface area contributed by atoms with Crippen LogP contribution in [0.1, 0.15) is 16.1 Å². The number of Topliss-reactive ketones (excluding diaryl/α,β-unsaturated/α-hetero) is 1. The van der Waals surface area contributed by atoms with Gasteiger partial charge in [-0.3, -0.25) is 4.79 Å². The van der Waals surface area contributed by atoms with Crippen molar-refractivity contribution in [3.63, 3.8) is 0 Å². The third kappa shape index (κ3) is 3.31. The maximum atomic E-state index is 12.2. The number of aromatic nitrogens is 1. The standard InChI is InChI=1S/C19H17NO3/c1-13-6-7-15-4-3-5-18(19(15)20-13)23-12-17(21)14-8-10-16(22-2)11-9-14/h3-11H,12H2,1-2H3. The minimum atomic E-state index is -0.0858. The number of benzene rings is 2. The highest BCUT2D eigenvalue weighted by Crippen LogP contribution is 2.24. The van der Waals surface area contributed by atoms with Crippen LogP contribution in [0.15, 0.2) is 54.6 Å². The van der Waals surface area contributed by atoms with Crippen LogP contribution in [0.25, 0.3) is 10.9 Å². The molecule has 1 aromatic heterocycles. The van der Waals surface area contributed by atoms with Crippen molar-refractivity contribution >= 4 is 16.7 Å². The molecular weight excluding hydrogens is 290 g/mol. The van der Waals surface area contributed by atoms with E-state index in [-0.39, 0.29) is 12.4 Å². The Labute approximate surface area is 134 Å². The van der Waals surface area contributed by atoms with E-state index in [2.05, 4.69) is 4.98 Å². The lowest BCUT2D eigenvalue weighted by atomic mass is 10.1. The average Bonchev–Trinajstić information content (AvgIpc) is 2.59. The number of ether oxygens (including phenoxy) is 2. The minimum absolute atomic E-state index is 0.0267. The molecule has 0 aliphatic rings. The molecule has 0 bridgehead atoms. The monoisotopic (exact) mass is 307 g/mol. The van der Waals surface area contributed by atoms with Crippen LogP contribution >= 0.6 is 0 Å². The van der Waals surface area contributed by atoms with Crippen molar-refractivity contribution in [1.82, 2.24) is 4.98 Å². The van der Waals surface area contributed by atoms with Gasteiger partial charge in [-0.05, 0) is 43.3 Å². The molecule has 116 valence electrons. The number of aryl methyl sites for hydroxylation is 1. The zero-order valence-corrected chi connectivity index (χ0v) is 13.1. The van der Waals surface area contributed by atoms with E-state index >= 15 is 0 Å². The highest BCUT2D eigenvalue weighted by molar-refractivity contribution is 5.97. The summed E-state index contributed by atoms with van der Waals surface area (Å²) in [5, 5.41) is 0.991. The van der Waals surface area contributed by atoms with E-state index in [0.717, 1.165) is 22.3 Å². The van der Waals surface area contributed by atoms with Crippen LogP contribution in [0.3, 0.4) is 0 Å². The lowest BCUT2D eigenvalue weighted by Gasteiger charge is -2.09. The molecule has 1 heterocycles. The molecule has 3 aromatic rings. The molecule has 0 aliphatic heterocycles. The van der Waals surface area contributed by atoms with E-state index in [4.69, 9.17) is 9.47 Å². The van der Waals surface area contributed by atoms with Gasteiger partial charge in [0.1, 0.15) is 17.0 Å². The predicted molar refractivity (Wildman–Crippen MR) is 89.3 cm³/mol. The number of para-hydroxylation sites is 1. The summed E-state index contributed by atoms with van der Waals surface area (Å²) in [6.45, 7) is 1.90. The molecule has 0 fully saturated rings. The van der Waals surface area contributed by atoms with E-state index in [1.54, 1.807) is 31.4 Å². The fourth-order valence-electron chi connectivity index (χ4n) is 2.34. The van der Waals surface area contributed by atoms with Gasteiger partial charge in [-0.2, -0.15) is 0 Å². The fourth-order valence-corrected chi connectivity index (χ4v) is 2.34. The Morgan fingerprint density at radius 2 is 1.83 bits per heavy atom. The number of carbonyl (C=O) groups excluding carboxylic acids is 1. The molecule has 0 radical (unpaired) electrons. The summed E-state index contributed by atoms with van der Waals surface area (Å²) in [5.41, 5.74) is 2.28. The van der Waals surface area contributed by atoms with Crippen molar-refractivity contribution in [2.75, 3.05) is 13.7 Å². The van der Waals surface area contributed by atoms with Crippen molar-refractivity contribution in [2.24, 2.45) is 0 Å². The number of nitrogens with zero attached hydrogens (tertiary/aromatic N) is 1. The van der Waals surface area contributed by atoms with Gasteiger partial charge in [0.2, 0.25) is 0 Å². The Morgan fingerprint density at radius 1 is 1.04 bits per heavy atom. The van der Waals surface area contributed by atoms with Gasteiger partial charge in [0.05, 0.1) is 7.11 Å². The van der Waals surface area contributed by atoms with Crippen LogP contribution in [0, 0.1) is 6.92 Å². The summed E-state index contributed by atoms with van der Waals surface area (Å²) in [4.78, 5) is 16.7. The maximum absolute atomic E-state index is 12.2. The first-order valence-electron chi connectivity index (χ1n) is 7.34. The zero-order chi connectivity index (χ0) is 16.2. The van der Waals surface area contributed by atoms with Crippen LogP contribution in [-0.2, 0) is 0 Å². The third-order valence-corrected chi connectivity index (χ3v) is 3.59. The molecule has 4 nitrogen and oxygen atoms in total. The second kappa shape index (κ2) is 6.48. The van der Waals surface area contributed by atoms with Crippen molar-refractivity contribution in [2.45, 2.75) is 6.92 Å². The molecule has 2 aromatic carbocycles. The quantitative estimate of drug-likeness (QED) is 0.672. The summed E-state index contributed by atoms with van der Waals surface area (Å²) < 4.78 is 10.8. The first-order valence-corrected chi connectivity index (χ1v) is 7.34. The van der Waals surface area contributed by atoms with Crippen molar-refractivity contribution in [1.29, 1.82) is 0 Å². The number of hydrogen-bond donors (Lipinski definition) is 0. The number of hydrogen-bond acceptors (Lipinski definition) is 4. The number of methoxy groups -OCH3 is 1. The Bertz CT molecular complexity index is 841. The number of ketones is 1. The van der Waals surface area contributed by atoms with Crippen molar-refractivity contribution in [3.8, 4) is 11.5 Å². The Balaban J connectivity index is 1.77. The van der Waals surface area contributed by atoms with E-state index < -0.39 is 0 Å². The average molecular weight is 307 g/mol. The number of carbonyl (C=O) groups is 1. The van der Waals surface area contributed by atoms with Gasteiger partial charge in [-0.25, -0.2) is 4.98 Å². The molecule has 23 heavy (non-hydrogen) atoms. The van der Waals surface area contributed by atoms with Gasteiger partial charge >= 0.3 is 0 Å². The topological polar surface area (TPSA) is 48.4 Å². The van der Waals surface area contributed by atoms with Crippen LogP contribution < -0.4 is 9.47 Å². The van der Waals surface area contributed by atoms with Gasteiger partial charge in [-0.15, -0.1) is 0 Å². The Kier molecular flexibility index (Phi) is 4.24. The first-order chi connectivity index (χ1) is 11.2. The van der Waals surface area contributed by atoms with Crippen LogP contribution in [-0.4, -0.2) is 24.5 Å². The van der Waals surface area contributed by atoms with Gasteiger partial charge in [0, 0.05) is 16.6 Å². The molecule has 0 saturated carbocycles. The van der Waals surface area contributed by atoms with Crippen molar-refractivity contribution in [3.05, 3.63) is 65.9 Å². The summed E-state index contributed by atoms with van der Waals surface area (Å²) in [7, 11) is 1.59. The molecule has 4 heteroatoms. The number of pyridine rings is 1. The predicted octanol–water partition coefficient (Wildman–Crippen LogP) is 3.81.